The number of ketones is 1. The first kappa shape index (κ1) is 14.0. The molecule has 0 N–H and O–H groups in total. The van der Waals surface area contributed by atoms with Crippen LogP contribution in [0, 0.1) is 0 Å². The number of rotatable bonds is 5. The molecule has 2 aromatic carbocycles. The average Bonchev–Trinajstić information content (AvgIpc) is 2.99. The Bertz CT molecular complexity index is 789. The Morgan fingerprint density at radius 2 is 1.55 bits per heavy atom. The largest absolute Gasteiger partial charge is 0.340 e. The van der Waals surface area contributed by atoms with Crippen molar-refractivity contribution in [2.24, 2.45) is 0 Å². The highest BCUT2D eigenvalue weighted by atomic mass is 16.1. The van der Waals surface area contributed by atoms with Crippen molar-refractivity contribution in [3.8, 4) is 0 Å². The van der Waals surface area contributed by atoms with Crippen LogP contribution < -0.4 is 0 Å². The molecule has 1 heterocycles. The maximum atomic E-state index is 12.5. The number of aldehydes is 1. The molecule has 0 radical (unpaired) electrons. The summed E-state index contributed by atoms with van der Waals surface area (Å²) in [6.07, 6.45) is 2.52. The number of hydrogen-bond acceptors (Lipinski definition) is 2. The van der Waals surface area contributed by atoms with Gasteiger partial charge in [0.1, 0.15) is 0 Å². The minimum absolute atomic E-state index is 0.0736. The minimum atomic E-state index is -0.0736. The molecule has 0 aliphatic carbocycles. The lowest BCUT2D eigenvalue weighted by atomic mass is 10.1. The van der Waals surface area contributed by atoms with E-state index in [0.29, 0.717) is 23.4 Å². The third-order valence-electron chi connectivity index (χ3n) is 3.54. The zero-order valence-corrected chi connectivity index (χ0v) is 12.0. The second-order valence-electron chi connectivity index (χ2n) is 5.08. The number of carbonyl (C=O) groups excluding carboxylic acids is 2. The molecular weight excluding hydrogens is 274 g/mol. The van der Waals surface area contributed by atoms with E-state index in [1.807, 2.05) is 48.5 Å². The van der Waals surface area contributed by atoms with Crippen molar-refractivity contribution in [2.45, 2.75) is 6.54 Å². The highest BCUT2D eigenvalue weighted by Crippen LogP contribution is 2.15. The predicted molar refractivity (Wildman–Crippen MR) is 85.2 cm³/mol. The molecule has 3 aromatic rings. The number of hydrogen-bond donors (Lipinski definition) is 0. The van der Waals surface area contributed by atoms with E-state index < -0.39 is 0 Å². The lowest BCUT2D eigenvalue weighted by Crippen LogP contribution is -2.02. The average molecular weight is 289 g/mol. The normalized spacial score (nSPS) is 10.4. The molecule has 0 saturated carbocycles. The fourth-order valence-corrected chi connectivity index (χ4v) is 2.42. The van der Waals surface area contributed by atoms with Gasteiger partial charge < -0.3 is 4.57 Å². The predicted octanol–water partition coefficient (Wildman–Crippen LogP) is 3.58. The molecule has 22 heavy (non-hydrogen) atoms. The molecule has 0 fully saturated rings. The van der Waals surface area contributed by atoms with Crippen molar-refractivity contribution in [1.82, 2.24) is 4.57 Å². The summed E-state index contributed by atoms with van der Waals surface area (Å²) in [6, 6.07) is 20.6. The van der Waals surface area contributed by atoms with Gasteiger partial charge in [-0.3, -0.25) is 9.59 Å². The Balaban J connectivity index is 1.92. The van der Waals surface area contributed by atoms with Crippen LogP contribution >= 0.6 is 0 Å². The van der Waals surface area contributed by atoms with E-state index in [-0.39, 0.29) is 5.78 Å². The number of nitrogens with zero attached hydrogens (tertiary/aromatic N) is 1. The summed E-state index contributed by atoms with van der Waals surface area (Å²) in [6.45, 7) is 0.566. The molecule has 0 saturated heterocycles. The van der Waals surface area contributed by atoms with E-state index in [1.54, 1.807) is 29.0 Å². The van der Waals surface area contributed by atoms with Crippen molar-refractivity contribution in [1.29, 1.82) is 0 Å². The van der Waals surface area contributed by atoms with Gasteiger partial charge in [-0.05, 0) is 11.6 Å². The smallest absolute Gasteiger partial charge is 0.194 e. The van der Waals surface area contributed by atoms with Gasteiger partial charge in [0.2, 0.25) is 0 Å². The second kappa shape index (κ2) is 6.22. The fraction of sp³-hybridized carbons (Fsp3) is 0.0526. The molecule has 0 bridgehead atoms. The number of benzene rings is 2. The molecule has 0 aliphatic heterocycles. The van der Waals surface area contributed by atoms with E-state index in [4.69, 9.17) is 0 Å². The van der Waals surface area contributed by atoms with Gasteiger partial charge in [0.25, 0.3) is 0 Å². The summed E-state index contributed by atoms with van der Waals surface area (Å²) < 4.78 is 1.80. The van der Waals surface area contributed by atoms with Crippen LogP contribution in [0.2, 0.25) is 0 Å². The van der Waals surface area contributed by atoms with Crippen molar-refractivity contribution >= 4 is 12.1 Å². The minimum Gasteiger partial charge on any atom is -0.340 e. The van der Waals surface area contributed by atoms with Crippen LogP contribution in [0.5, 0.6) is 0 Å². The van der Waals surface area contributed by atoms with Crippen LogP contribution in [0.25, 0.3) is 0 Å². The molecule has 0 aliphatic rings. The molecule has 3 nitrogen and oxygen atoms in total. The monoisotopic (exact) mass is 289 g/mol. The van der Waals surface area contributed by atoms with Crippen molar-refractivity contribution < 1.29 is 9.59 Å². The maximum Gasteiger partial charge on any atom is 0.194 e. The van der Waals surface area contributed by atoms with E-state index in [1.165, 1.54) is 0 Å². The summed E-state index contributed by atoms with van der Waals surface area (Å²) in [5.41, 5.74) is 2.74. The topological polar surface area (TPSA) is 39.1 Å². The van der Waals surface area contributed by atoms with Crippen molar-refractivity contribution in [3.05, 3.63) is 95.3 Å². The van der Waals surface area contributed by atoms with Crippen LogP contribution in [0.3, 0.4) is 0 Å². The summed E-state index contributed by atoms with van der Waals surface area (Å²) in [4.78, 5) is 23.7. The first-order chi connectivity index (χ1) is 10.8. The van der Waals surface area contributed by atoms with Crippen LogP contribution in [0.4, 0.5) is 0 Å². The van der Waals surface area contributed by atoms with Gasteiger partial charge >= 0.3 is 0 Å². The first-order valence-electron chi connectivity index (χ1n) is 7.07. The maximum absolute atomic E-state index is 12.5. The Morgan fingerprint density at radius 3 is 2.18 bits per heavy atom. The highest BCUT2D eigenvalue weighted by molar-refractivity contribution is 6.09. The van der Waals surface area contributed by atoms with Crippen LogP contribution in [0.1, 0.15) is 32.0 Å². The van der Waals surface area contributed by atoms with Crippen molar-refractivity contribution in [2.75, 3.05) is 0 Å². The molecule has 0 atom stereocenters. The van der Waals surface area contributed by atoms with Gasteiger partial charge in [0, 0.05) is 23.9 Å². The van der Waals surface area contributed by atoms with Crippen molar-refractivity contribution in [3.63, 3.8) is 0 Å². The third kappa shape index (κ3) is 2.88. The SMILES string of the molecule is O=Cc1cc(C(=O)c2ccccc2)cn1Cc1ccccc1. The molecule has 0 unspecified atom stereocenters. The van der Waals surface area contributed by atoms with E-state index in [9.17, 15) is 9.59 Å². The Morgan fingerprint density at radius 1 is 0.909 bits per heavy atom. The van der Waals surface area contributed by atoms with Gasteiger partial charge in [0.15, 0.2) is 12.1 Å². The number of carbonyl (C=O) groups is 2. The summed E-state index contributed by atoms with van der Waals surface area (Å²) in [5.74, 6) is -0.0736. The lowest BCUT2D eigenvalue weighted by molar-refractivity contribution is 0.103. The Kier molecular flexibility index (Phi) is 3.97. The fourth-order valence-electron chi connectivity index (χ4n) is 2.42. The van der Waals surface area contributed by atoms with E-state index in [2.05, 4.69) is 0 Å². The molecular formula is C19H15NO2. The van der Waals surface area contributed by atoms with Crippen LogP contribution in [-0.2, 0) is 6.54 Å². The lowest BCUT2D eigenvalue weighted by Gasteiger charge is -2.05. The van der Waals surface area contributed by atoms with E-state index in [0.717, 1.165) is 11.8 Å². The van der Waals surface area contributed by atoms with Crippen LogP contribution in [0.15, 0.2) is 72.9 Å². The Labute approximate surface area is 128 Å². The van der Waals surface area contributed by atoms with Gasteiger partial charge in [-0.2, -0.15) is 0 Å². The van der Waals surface area contributed by atoms with Gasteiger partial charge in [-0.15, -0.1) is 0 Å². The molecule has 108 valence electrons. The third-order valence-corrected chi connectivity index (χ3v) is 3.54. The molecule has 3 heteroatoms. The standard InChI is InChI=1S/C19H15NO2/c21-14-18-11-17(19(22)16-9-5-2-6-10-16)13-20(18)12-15-7-3-1-4-8-15/h1-11,13-14H,12H2. The van der Waals surface area contributed by atoms with Gasteiger partial charge in [0.05, 0.1) is 5.69 Å². The molecule has 1 aromatic heterocycles. The first-order valence-corrected chi connectivity index (χ1v) is 7.07. The molecule has 3 rings (SSSR count). The van der Waals surface area contributed by atoms with E-state index >= 15 is 0 Å². The Hall–Kier alpha value is -2.94. The zero-order chi connectivity index (χ0) is 15.4. The number of aromatic nitrogens is 1. The summed E-state index contributed by atoms with van der Waals surface area (Å²) in [5, 5.41) is 0. The summed E-state index contributed by atoms with van der Waals surface area (Å²) in [7, 11) is 0. The van der Waals surface area contributed by atoms with Gasteiger partial charge in [-0.25, -0.2) is 0 Å². The highest BCUT2D eigenvalue weighted by Gasteiger charge is 2.13. The summed E-state index contributed by atoms with van der Waals surface area (Å²) >= 11 is 0. The molecule has 0 spiro atoms. The zero-order valence-electron chi connectivity index (χ0n) is 12.0. The molecule has 0 amide bonds. The second-order valence-corrected chi connectivity index (χ2v) is 5.08. The quantitative estimate of drug-likeness (QED) is 0.532. The van der Waals surface area contributed by atoms with Crippen LogP contribution in [-0.4, -0.2) is 16.6 Å². The van der Waals surface area contributed by atoms with Gasteiger partial charge in [-0.1, -0.05) is 60.7 Å².